The summed E-state index contributed by atoms with van der Waals surface area (Å²) in [6, 6.07) is 5.23. The number of amides is 1. The highest BCUT2D eigenvalue weighted by Gasteiger charge is 2.35. The van der Waals surface area contributed by atoms with Gasteiger partial charge in [0.25, 0.3) is 17.0 Å². The second-order valence-electron chi connectivity index (χ2n) is 14.0. The summed E-state index contributed by atoms with van der Waals surface area (Å²) < 4.78 is 109. The molecule has 1 aliphatic heterocycles. The third-order valence-electron chi connectivity index (χ3n) is 9.36. The average Bonchev–Trinajstić information content (AvgIpc) is 3.97. The normalized spacial score (nSPS) is 12.5. The molecule has 4 aromatic heterocycles. The van der Waals surface area contributed by atoms with E-state index in [0.717, 1.165) is 35.4 Å². The maximum Gasteiger partial charge on any atom is 0.419 e. The van der Waals surface area contributed by atoms with Crippen molar-refractivity contribution in [2.75, 3.05) is 11.1 Å². The Kier molecular flexibility index (Phi) is 13.2. The van der Waals surface area contributed by atoms with E-state index in [9.17, 15) is 54.3 Å². The number of aliphatic imine (C=N–C) groups is 1. The lowest BCUT2D eigenvalue weighted by molar-refractivity contribution is -0.140. The van der Waals surface area contributed by atoms with Crippen molar-refractivity contribution in [1.29, 1.82) is 0 Å². The standard InChI is InChI=1S/C20H16ClF4N5O.C19H18F4N6O3/c1-2-5-30-18(31)13-7-16(27-17(13)28-19(30)21)12-8-26-29(10-12)9-11-3-4-14(15(22)6-11)20(23,24)25;1-2-5-29-17(31)14(15(24)27-18(29)32)26-16(30)11-7-25-28(9-11)8-10-3-4-12(13(20)6-10)19(21,22)23/h3-4,6,8,10H,2,5,7,9H2,1H3;3-4,6-7,9H,2,5,8,24H2,1H3,(H,26,30)(H,27,32). The number of nitrogens with zero attached hydrogens (tertiary/aromatic N) is 8. The number of alkyl halides is 6. The van der Waals surface area contributed by atoms with E-state index < -0.39 is 52.3 Å². The number of carbonyl (C=O) groups is 1. The molecule has 24 heteroatoms. The van der Waals surface area contributed by atoms with E-state index in [1.165, 1.54) is 32.4 Å². The fraction of sp³-hybridized carbons (Fsp3) is 0.282. The van der Waals surface area contributed by atoms with Gasteiger partial charge >= 0.3 is 18.0 Å². The molecular weight excluding hydrogens is 874 g/mol. The van der Waals surface area contributed by atoms with Gasteiger partial charge in [0.15, 0.2) is 5.82 Å². The summed E-state index contributed by atoms with van der Waals surface area (Å²) >= 11 is 6.10. The smallest absolute Gasteiger partial charge is 0.383 e. The van der Waals surface area contributed by atoms with Crippen molar-refractivity contribution < 1.29 is 39.9 Å². The molecule has 0 aliphatic carbocycles. The van der Waals surface area contributed by atoms with Crippen LogP contribution in [-0.2, 0) is 45.0 Å². The molecule has 63 heavy (non-hydrogen) atoms. The molecule has 5 heterocycles. The van der Waals surface area contributed by atoms with Crippen LogP contribution in [0.2, 0.25) is 5.28 Å². The van der Waals surface area contributed by atoms with E-state index >= 15 is 0 Å². The predicted molar refractivity (Wildman–Crippen MR) is 213 cm³/mol. The Labute approximate surface area is 354 Å². The van der Waals surface area contributed by atoms with Crippen LogP contribution in [0.3, 0.4) is 0 Å². The molecule has 0 bridgehead atoms. The highest BCUT2D eigenvalue weighted by molar-refractivity contribution is 6.28. The average molecular weight is 908 g/mol. The van der Waals surface area contributed by atoms with Crippen LogP contribution in [-0.4, -0.2) is 50.3 Å². The number of rotatable bonds is 11. The fourth-order valence-corrected chi connectivity index (χ4v) is 6.60. The number of hydrogen-bond acceptors (Lipinski definition) is 9. The first kappa shape index (κ1) is 45.6. The summed E-state index contributed by atoms with van der Waals surface area (Å²) in [5, 5.41) is 10.5. The van der Waals surface area contributed by atoms with Crippen molar-refractivity contribution in [3.63, 3.8) is 0 Å². The van der Waals surface area contributed by atoms with Crippen molar-refractivity contribution in [2.45, 2.75) is 71.6 Å². The van der Waals surface area contributed by atoms with Crippen LogP contribution < -0.4 is 27.9 Å². The molecule has 6 aromatic rings. The van der Waals surface area contributed by atoms with E-state index in [1.54, 1.807) is 13.1 Å². The van der Waals surface area contributed by atoms with Crippen LogP contribution in [0.15, 0.2) is 80.6 Å². The quantitative estimate of drug-likeness (QED) is 0.0960. The first-order valence-corrected chi connectivity index (χ1v) is 19.1. The zero-order chi connectivity index (χ0) is 46.0. The van der Waals surface area contributed by atoms with Crippen LogP contribution >= 0.6 is 11.6 Å². The number of aromatic amines is 1. The maximum absolute atomic E-state index is 13.8. The summed E-state index contributed by atoms with van der Waals surface area (Å²) in [6.45, 7) is 4.23. The molecule has 0 spiro atoms. The Balaban J connectivity index is 0.000000210. The number of fused-ring (bicyclic) bond motifs is 1. The van der Waals surface area contributed by atoms with Crippen molar-refractivity contribution in [3.8, 4) is 0 Å². The van der Waals surface area contributed by atoms with Crippen molar-refractivity contribution in [3.05, 3.63) is 148 Å². The Bertz CT molecular complexity index is 2910. The van der Waals surface area contributed by atoms with Gasteiger partial charge in [0.2, 0.25) is 5.28 Å². The first-order valence-electron chi connectivity index (χ1n) is 18.8. The number of hydrogen-bond donors (Lipinski definition) is 3. The van der Waals surface area contributed by atoms with E-state index in [-0.39, 0.29) is 65.3 Å². The van der Waals surface area contributed by atoms with Crippen molar-refractivity contribution in [2.24, 2.45) is 4.99 Å². The van der Waals surface area contributed by atoms with Gasteiger partial charge in [-0.15, -0.1) is 0 Å². The topological polar surface area (TPSA) is 193 Å². The lowest BCUT2D eigenvalue weighted by Crippen LogP contribution is -2.38. The van der Waals surface area contributed by atoms with Gasteiger partial charge in [0, 0.05) is 37.5 Å². The zero-order valence-electron chi connectivity index (χ0n) is 32.9. The Morgan fingerprint density at radius 2 is 1.38 bits per heavy atom. The number of aromatic nitrogens is 8. The molecule has 1 amide bonds. The molecule has 15 nitrogen and oxygen atoms in total. The summed E-state index contributed by atoms with van der Waals surface area (Å²) in [6.07, 6.45) is -2.49. The molecule has 2 aromatic carbocycles. The molecule has 0 saturated heterocycles. The zero-order valence-corrected chi connectivity index (χ0v) is 33.7. The molecule has 7 rings (SSSR count). The lowest BCUT2D eigenvalue weighted by Gasteiger charge is -2.10. The molecular formula is C39H34ClF8N11O4. The van der Waals surface area contributed by atoms with Gasteiger partial charge < -0.3 is 11.1 Å². The summed E-state index contributed by atoms with van der Waals surface area (Å²) in [5.74, 6) is -3.55. The molecule has 0 fully saturated rings. The highest BCUT2D eigenvalue weighted by Crippen LogP contribution is 2.33. The van der Waals surface area contributed by atoms with E-state index in [1.807, 2.05) is 6.92 Å². The minimum atomic E-state index is -4.81. The van der Waals surface area contributed by atoms with Gasteiger partial charge in [-0.3, -0.25) is 37.9 Å². The number of nitrogen functional groups attached to an aromatic ring is 1. The van der Waals surface area contributed by atoms with Crippen molar-refractivity contribution in [1.82, 2.24) is 38.7 Å². The van der Waals surface area contributed by atoms with Crippen LogP contribution in [0.25, 0.3) is 0 Å². The Hall–Kier alpha value is -6.91. The Morgan fingerprint density at radius 3 is 1.94 bits per heavy atom. The number of carbonyl (C=O) groups excluding carboxylic acids is 1. The van der Waals surface area contributed by atoms with Gasteiger partial charge in [0.1, 0.15) is 23.1 Å². The second-order valence-corrected chi connectivity index (χ2v) is 14.3. The number of halogens is 9. The van der Waals surface area contributed by atoms with E-state index in [4.69, 9.17) is 17.3 Å². The molecule has 0 saturated carbocycles. The number of anilines is 2. The number of H-pyrrole nitrogens is 1. The largest absolute Gasteiger partial charge is 0.419 e. The molecule has 332 valence electrons. The molecule has 0 unspecified atom stereocenters. The van der Waals surface area contributed by atoms with Gasteiger partial charge in [-0.25, -0.2) is 18.6 Å². The number of nitrogens with two attached hydrogens (primary N) is 1. The summed E-state index contributed by atoms with van der Waals surface area (Å²) in [5.41, 5.74) is 3.13. The van der Waals surface area contributed by atoms with Gasteiger partial charge in [-0.1, -0.05) is 26.0 Å². The monoisotopic (exact) mass is 907 g/mol. The van der Waals surface area contributed by atoms with Crippen LogP contribution in [0.4, 0.5) is 52.4 Å². The Morgan fingerprint density at radius 1 is 0.825 bits per heavy atom. The first-order chi connectivity index (χ1) is 29.7. The predicted octanol–water partition coefficient (Wildman–Crippen LogP) is 6.57. The van der Waals surface area contributed by atoms with E-state index in [2.05, 4.69) is 30.5 Å². The minimum absolute atomic E-state index is 0.00410. The molecule has 0 radical (unpaired) electrons. The molecule has 4 N–H and O–H groups in total. The highest BCUT2D eigenvalue weighted by atomic mass is 35.5. The van der Waals surface area contributed by atoms with Crippen LogP contribution in [0.1, 0.15) is 70.4 Å². The van der Waals surface area contributed by atoms with Gasteiger partial charge in [0.05, 0.1) is 53.4 Å². The van der Waals surface area contributed by atoms with Gasteiger partial charge in [-0.05, 0) is 59.8 Å². The number of nitrogens with one attached hydrogen (secondary N) is 2. The fourth-order valence-electron chi connectivity index (χ4n) is 6.36. The summed E-state index contributed by atoms with van der Waals surface area (Å²) in [4.78, 5) is 60.3. The van der Waals surface area contributed by atoms with Gasteiger partial charge in [-0.2, -0.15) is 41.5 Å². The van der Waals surface area contributed by atoms with E-state index in [0.29, 0.717) is 47.5 Å². The third kappa shape index (κ3) is 10.2. The lowest BCUT2D eigenvalue weighted by atomic mass is 10.1. The minimum Gasteiger partial charge on any atom is -0.383 e. The summed E-state index contributed by atoms with van der Waals surface area (Å²) in [7, 11) is 0. The van der Waals surface area contributed by atoms with Crippen LogP contribution in [0, 0.1) is 11.6 Å². The molecule has 1 aliphatic rings. The molecule has 0 atom stereocenters. The van der Waals surface area contributed by atoms with Crippen molar-refractivity contribution >= 4 is 40.5 Å². The number of benzene rings is 2. The third-order valence-corrected chi connectivity index (χ3v) is 9.64. The maximum atomic E-state index is 13.8. The second kappa shape index (κ2) is 18.2. The SMILES string of the molecule is CCCn1c(=O)[nH]c(N)c(NC(=O)c2cnn(Cc3ccc(C(F)(F)F)c(F)c3)c2)c1=O.CCCn1c(Cl)nc2c(c1=O)CC(c1cnn(Cc3ccc(C(F)(F)F)c(F)c3)c1)=N2. The van der Waals surface area contributed by atoms with Crippen LogP contribution in [0.5, 0.6) is 0 Å².